The number of rotatable bonds is 3. The van der Waals surface area contributed by atoms with E-state index in [2.05, 4.69) is 12.2 Å². The molecule has 94 valence electrons. The zero-order valence-electron chi connectivity index (χ0n) is 10.0. The summed E-state index contributed by atoms with van der Waals surface area (Å²) in [5.41, 5.74) is 0.816. The Kier molecular flexibility index (Phi) is 4.02. The van der Waals surface area contributed by atoms with Crippen LogP contribution >= 0.6 is 11.6 Å². The van der Waals surface area contributed by atoms with Crippen molar-refractivity contribution in [3.05, 3.63) is 34.6 Å². The lowest BCUT2D eigenvalue weighted by atomic mass is 9.88. The summed E-state index contributed by atoms with van der Waals surface area (Å²) in [6, 6.07) is 4.54. The van der Waals surface area contributed by atoms with Gasteiger partial charge in [0.05, 0.1) is 6.10 Å². The van der Waals surface area contributed by atoms with Gasteiger partial charge in [-0.1, -0.05) is 11.6 Å². The van der Waals surface area contributed by atoms with Crippen LogP contribution < -0.4 is 5.32 Å². The van der Waals surface area contributed by atoms with E-state index in [1.165, 1.54) is 12.1 Å². The normalized spacial score (nSPS) is 26.1. The van der Waals surface area contributed by atoms with Crippen LogP contribution in [-0.4, -0.2) is 19.8 Å². The Morgan fingerprint density at radius 1 is 1.53 bits per heavy atom. The largest absolute Gasteiger partial charge is 0.378 e. The van der Waals surface area contributed by atoms with Crippen LogP contribution in [0.2, 0.25) is 5.02 Å². The predicted molar refractivity (Wildman–Crippen MR) is 66.7 cm³/mol. The van der Waals surface area contributed by atoms with E-state index in [1.807, 2.05) is 7.05 Å². The van der Waals surface area contributed by atoms with Gasteiger partial charge in [0.1, 0.15) is 5.82 Å². The number of halogens is 2. The number of hydrogen-bond acceptors (Lipinski definition) is 2. The third kappa shape index (κ3) is 2.62. The number of ether oxygens (including phenoxy) is 1. The third-order valence-corrected chi connectivity index (χ3v) is 3.81. The summed E-state index contributed by atoms with van der Waals surface area (Å²) in [5, 5.41) is 3.83. The van der Waals surface area contributed by atoms with Crippen molar-refractivity contribution in [1.82, 2.24) is 5.32 Å². The summed E-state index contributed by atoms with van der Waals surface area (Å²) in [7, 11) is 1.87. The number of hydrogen-bond donors (Lipinski definition) is 1. The first-order valence-corrected chi connectivity index (χ1v) is 6.25. The van der Waals surface area contributed by atoms with Gasteiger partial charge < -0.3 is 10.1 Å². The minimum Gasteiger partial charge on any atom is -0.378 e. The second kappa shape index (κ2) is 5.34. The second-order valence-corrected chi connectivity index (χ2v) is 4.87. The monoisotopic (exact) mass is 257 g/mol. The summed E-state index contributed by atoms with van der Waals surface area (Å²) >= 11 is 6.15. The summed E-state index contributed by atoms with van der Waals surface area (Å²) in [6.45, 7) is 2.81. The molecule has 17 heavy (non-hydrogen) atoms. The summed E-state index contributed by atoms with van der Waals surface area (Å²) in [5.74, 6) is 0.0792. The SMILES string of the molecule is CNC(c1cc(F)ccc1Cl)C1CCOC1C. The fourth-order valence-corrected chi connectivity index (χ4v) is 2.77. The number of nitrogens with one attached hydrogen (secondary N) is 1. The maximum Gasteiger partial charge on any atom is 0.123 e. The molecule has 3 atom stereocenters. The van der Waals surface area contributed by atoms with Gasteiger partial charge in [-0.05, 0) is 44.2 Å². The molecule has 2 rings (SSSR count). The Labute approximate surface area is 106 Å². The van der Waals surface area contributed by atoms with Crippen LogP contribution in [0.4, 0.5) is 4.39 Å². The maximum absolute atomic E-state index is 13.3. The van der Waals surface area contributed by atoms with E-state index in [0.29, 0.717) is 10.9 Å². The summed E-state index contributed by atoms with van der Waals surface area (Å²) in [4.78, 5) is 0. The van der Waals surface area contributed by atoms with Gasteiger partial charge in [-0.3, -0.25) is 0 Å². The molecule has 2 nitrogen and oxygen atoms in total. The average Bonchev–Trinajstić information content (AvgIpc) is 2.71. The zero-order valence-corrected chi connectivity index (χ0v) is 10.8. The first-order valence-electron chi connectivity index (χ1n) is 5.87. The van der Waals surface area contributed by atoms with Gasteiger partial charge in [0.15, 0.2) is 0 Å². The molecule has 1 fully saturated rings. The molecular weight excluding hydrogens is 241 g/mol. The molecule has 0 spiro atoms. The molecule has 1 aromatic rings. The van der Waals surface area contributed by atoms with Crippen molar-refractivity contribution in [2.45, 2.75) is 25.5 Å². The minimum absolute atomic E-state index is 0.0377. The van der Waals surface area contributed by atoms with Gasteiger partial charge in [-0.2, -0.15) is 0 Å². The molecule has 0 radical (unpaired) electrons. The van der Waals surface area contributed by atoms with Gasteiger partial charge in [0, 0.05) is 23.6 Å². The fraction of sp³-hybridized carbons (Fsp3) is 0.538. The van der Waals surface area contributed by atoms with Crippen LogP contribution in [0.15, 0.2) is 18.2 Å². The van der Waals surface area contributed by atoms with E-state index >= 15 is 0 Å². The van der Waals surface area contributed by atoms with Gasteiger partial charge in [0.25, 0.3) is 0 Å². The molecule has 0 aliphatic carbocycles. The van der Waals surface area contributed by atoms with Crippen molar-refractivity contribution >= 4 is 11.6 Å². The molecule has 4 heteroatoms. The van der Waals surface area contributed by atoms with Gasteiger partial charge in [-0.25, -0.2) is 4.39 Å². The maximum atomic E-state index is 13.3. The Balaban J connectivity index is 2.31. The second-order valence-electron chi connectivity index (χ2n) is 4.46. The summed E-state index contributed by atoms with van der Waals surface area (Å²) in [6.07, 6.45) is 1.14. The van der Waals surface area contributed by atoms with Gasteiger partial charge in [0.2, 0.25) is 0 Å². The van der Waals surface area contributed by atoms with E-state index in [4.69, 9.17) is 16.3 Å². The first kappa shape index (κ1) is 12.8. The summed E-state index contributed by atoms with van der Waals surface area (Å²) < 4.78 is 18.9. The Morgan fingerprint density at radius 3 is 2.88 bits per heavy atom. The van der Waals surface area contributed by atoms with Crippen molar-refractivity contribution < 1.29 is 9.13 Å². The van der Waals surface area contributed by atoms with E-state index in [0.717, 1.165) is 18.6 Å². The minimum atomic E-state index is -0.254. The van der Waals surface area contributed by atoms with Crippen molar-refractivity contribution in [3.8, 4) is 0 Å². The smallest absolute Gasteiger partial charge is 0.123 e. The van der Waals surface area contributed by atoms with Crippen LogP contribution in [0.3, 0.4) is 0 Å². The molecule has 0 aromatic heterocycles. The number of benzene rings is 1. The van der Waals surface area contributed by atoms with Crippen LogP contribution in [0.1, 0.15) is 24.9 Å². The fourth-order valence-electron chi connectivity index (χ4n) is 2.54. The highest BCUT2D eigenvalue weighted by Crippen LogP contribution is 2.36. The molecule has 1 aliphatic rings. The van der Waals surface area contributed by atoms with Crippen molar-refractivity contribution in [1.29, 1.82) is 0 Å². The lowest BCUT2D eigenvalue weighted by Crippen LogP contribution is -2.29. The van der Waals surface area contributed by atoms with E-state index in [1.54, 1.807) is 6.07 Å². The Bertz CT molecular complexity index is 399. The highest BCUT2D eigenvalue weighted by molar-refractivity contribution is 6.31. The molecule has 3 unspecified atom stereocenters. The molecule has 1 heterocycles. The molecule has 1 saturated heterocycles. The highest BCUT2D eigenvalue weighted by Gasteiger charge is 2.33. The molecular formula is C13H17ClFNO. The van der Waals surface area contributed by atoms with Crippen molar-refractivity contribution in [3.63, 3.8) is 0 Å². The topological polar surface area (TPSA) is 21.3 Å². The lowest BCUT2D eigenvalue weighted by molar-refractivity contribution is 0.0962. The Morgan fingerprint density at radius 2 is 2.29 bits per heavy atom. The van der Waals surface area contributed by atoms with E-state index in [9.17, 15) is 4.39 Å². The molecule has 1 N–H and O–H groups in total. The molecule has 1 aliphatic heterocycles. The standard InChI is InChI=1S/C13H17ClFNO/c1-8-10(5-6-17-8)13(16-2)11-7-9(15)3-4-12(11)14/h3-4,7-8,10,13,16H,5-6H2,1-2H3. The van der Waals surface area contributed by atoms with Gasteiger partial charge in [-0.15, -0.1) is 0 Å². The van der Waals surface area contributed by atoms with Crippen LogP contribution in [-0.2, 0) is 4.74 Å². The average molecular weight is 258 g/mol. The molecule has 0 bridgehead atoms. The van der Waals surface area contributed by atoms with Crippen LogP contribution in [0.25, 0.3) is 0 Å². The first-order chi connectivity index (χ1) is 8.13. The molecule has 0 amide bonds. The van der Waals surface area contributed by atoms with E-state index in [-0.39, 0.29) is 18.0 Å². The highest BCUT2D eigenvalue weighted by atomic mass is 35.5. The zero-order chi connectivity index (χ0) is 12.4. The van der Waals surface area contributed by atoms with E-state index < -0.39 is 0 Å². The van der Waals surface area contributed by atoms with Gasteiger partial charge >= 0.3 is 0 Å². The third-order valence-electron chi connectivity index (χ3n) is 3.47. The molecule has 0 saturated carbocycles. The van der Waals surface area contributed by atoms with Crippen molar-refractivity contribution in [2.24, 2.45) is 5.92 Å². The Hall–Kier alpha value is -0.640. The quantitative estimate of drug-likeness (QED) is 0.898. The molecule has 1 aromatic carbocycles. The van der Waals surface area contributed by atoms with Crippen LogP contribution in [0.5, 0.6) is 0 Å². The van der Waals surface area contributed by atoms with Crippen LogP contribution in [0, 0.1) is 11.7 Å². The van der Waals surface area contributed by atoms with Crippen molar-refractivity contribution in [2.75, 3.05) is 13.7 Å². The predicted octanol–water partition coefficient (Wildman–Crippen LogP) is 3.16. The lowest BCUT2D eigenvalue weighted by Gasteiger charge is -2.26.